The molecule has 110 valence electrons. The Hall–Kier alpha value is -1.73. The van der Waals surface area contributed by atoms with E-state index >= 15 is 0 Å². The van der Waals surface area contributed by atoms with Crippen molar-refractivity contribution in [2.75, 3.05) is 6.54 Å². The quantitative estimate of drug-likeness (QED) is 0.663. The fraction of sp³-hybridized carbons (Fsp3) is 0.286. The monoisotopic (exact) mass is 322 g/mol. The van der Waals surface area contributed by atoms with Crippen molar-refractivity contribution in [3.8, 4) is 0 Å². The smallest absolute Gasteiger partial charge is 0.303 e. The minimum atomic E-state index is -0.875. The van der Waals surface area contributed by atoms with Gasteiger partial charge in [0, 0.05) is 18.7 Å². The van der Waals surface area contributed by atoms with Crippen LogP contribution in [-0.4, -0.2) is 37.7 Å². The normalized spacial score (nSPS) is 16.8. The summed E-state index contributed by atoms with van der Waals surface area (Å²) in [4.78, 5) is 29.1. The zero-order valence-electron chi connectivity index (χ0n) is 11.4. The molecule has 0 aromatic carbocycles. The lowest BCUT2D eigenvalue weighted by molar-refractivity contribution is -0.137. The van der Waals surface area contributed by atoms with E-state index in [-0.39, 0.29) is 12.3 Å². The topological polar surface area (TPSA) is 70.5 Å². The van der Waals surface area contributed by atoms with Crippen molar-refractivity contribution < 1.29 is 14.7 Å². The number of pyridine rings is 1. The van der Waals surface area contributed by atoms with Gasteiger partial charge in [-0.2, -0.15) is 0 Å². The van der Waals surface area contributed by atoms with Gasteiger partial charge in [-0.3, -0.25) is 19.5 Å². The lowest BCUT2D eigenvalue weighted by atomic mass is 10.2. The number of thiocarbonyl (C=S) groups is 1. The second-order valence-electron chi connectivity index (χ2n) is 4.53. The molecule has 0 saturated carbocycles. The molecular weight excluding hydrogens is 308 g/mol. The molecule has 0 spiro atoms. The summed E-state index contributed by atoms with van der Waals surface area (Å²) in [6.45, 7) is 2.21. The highest BCUT2D eigenvalue weighted by molar-refractivity contribution is 8.26. The first-order chi connectivity index (χ1) is 9.97. The van der Waals surface area contributed by atoms with Crippen LogP contribution in [0.2, 0.25) is 0 Å². The molecule has 2 heterocycles. The van der Waals surface area contributed by atoms with E-state index in [1.165, 1.54) is 16.7 Å². The summed E-state index contributed by atoms with van der Waals surface area (Å²) in [7, 11) is 0. The Bertz CT molecular complexity index is 628. The van der Waals surface area contributed by atoms with Crippen LogP contribution in [0, 0.1) is 6.92 Å². The number of carbonyl (C=O) groups is 2. The number of carbonyl (C=O) groups excluding carboxylic acids is 1. The predicted octanol–water partition coefficient (Wildman–Crippen LogP) is 2.46. The van der Waals surface area contributed by atoms with Crippen molar-refractivity contribution in [2.45, 2.75) is 19.8 Å². The molecule has 0 atom stereocenters. The largest absolute Gasteiger partial charge is 0.481 e. The summed E-state index contributed by atoms with van der Waals surface area (Å²) in [6.07, 6.45) is 2.12. The highest BCUT2D eigenvalue weighted by atomic mass is 32.2. The van der Waals surface area contributed by atoms with E-state index in [4.69, 9.17) is 17.3 Å². The van der Waals surface area contributed by atoms with Gasteiger partial charge in [0.1, 0.15) is 4.32 Å². The van der Waals surface area contributed by atoms with Crippen LogP contribution >= 0.6 is 24.0 Å². The molecule has 21 heavy (non-hydrogen) atoms. The SMILES string of the molecule is Cc1cccc(C=C2SC(=S)N(CCCC(=O)O)C2=O)n1. The van der Waals surface area contributed by atoms with E-state index in [2.05, 4.69) is 4.98 Å². The van der Waals surface area contributed by atoms with Crippen LogP contribution in [0.25, 0.3) is 6.08 Å². The van der Waals surface area contributed by atoms with Gasteiger partial charge in [-0.1, -0.05) is 30.0 Å². The minimum Gasteiger partial charge on any atom is -0.481 e. The van der Waals surface area contributed by atoms with Gasteiger partial charge in [0.15, 0.2) is 0 Å². The third kappa shape index (κ3) is 4.12. The maximum atomic E-state index is 12.3. The zero-order chi connectivity index (χ0) is 15.4. The molecule has 1 amide bonds. The Balaban J connectivity index is 2.08. The number of hydrogen-bond donors (Lipinski definition) is 1. The van der Waals surface area contributed by atoms with E-state index in [1.807, 2.05) is 25.1 Å². The number of rotatable bonds is 5. The fourth-order valence-electron chi connectivity index (χ4n) is 1.86. The number of aromatic nitrogens is 1. The molecule has 0 aliphatic carbocycles. The second-order valence-corrected chi connectivity index (χ2v) is 6.21. The van der Waals surface area contributed by atoms with Crippen molar-refractivity contribution in [2.24, 2.45) is 0 Å². The van der Waals surface area contributed by atoms with Gasteiger partial charge in [-0.25, -0.2) is 0 Å². The van der Waals surface area contributed by atoms with Crippen LogP contribution < -0.4 is 0 Å². The van der Waals surface area contributed by atoms with Crippen LogP contribution in [0.3, 0.4) is 0 Å². The Kier molecular flexibility index (Phi) is 5.08. The molecule has 1 N–H and O–H groups in total. The average Bonchev–Trinajstić information content (AvgIpc) is 2.66. The Labute approximate surface area is 132 Å². The van der Waals surface area contributed by atoms with Crippen LogP contribution in [0.1, 0.15) is 24.2 Å². The first-order valence-corrected chi connectivity index (χ1v) is 7.60. The predicted molar refractivity (Wildman–Crippen MR) is 85.7 cm³/mol. The molecular formula is C14H14N2O3S2. The third-order valence-corrected chi connectivity index (χ3v) is 4.21. The average molecular weight is 322 g/mol. The van der Waals surface area contributed by atoms with Gasteiger partial charge in [0.2, 0.25) is 0 Å². The standard InChI is InChI=1S/C14H14N2O3S2/c1-9-4-2-5-10(15-9)8-11-13(19)16(14(20)21-11)7-3-6-12(17)18/h2,4-5,8H,3,6-7H2,1H3,(H,17,18). The molecule has 1 aromatic heterocycles. The van der Waals surface area contributed by atoms with E-state index in [0.717, 1.165) is 5.69 Å². The lowest BCUT2D eigenvalue weighted by Gasteiger charge is -2.13. The maximum Gasteiger partial charge on any atom is 0.303 e. The van der Waals surface area contributed by atoms with E-state index in [9.17, 15) is 9.59 Å². The molecule has 0 bridgehead atoms. The number of aryl methyl sites for hydroxylation is 1. The number of nitrogens with zero attached hydrogens (tertiary/aromatic N) is 2. The van der Waals surface area contributed by atoms with Gasteiger partial charge in [-0.05, 0) is 31.6 Å². The summed E-state index contributed by atoms with van der Waals surface area (Å²) in [5.74, 6) is -1.06. The Morgan fingerprint density at radius 1 is 1.52 bits per heavy atom. The molecule has 1 fully saturated rings. The lowest BCUT2D eigenvalue weighted by Crippen LogP contribution is -2.29. The highest BCUT2D eigenvalue weighted by Crippen LogP contribution is 2.32. The first kappa shape index (κ1) is 15.7. The number of carboxylic acid groups (broad SMARTS) is 1. The first-order valence-electron chi connectivity index (χ1n) is 6.38. The summed E-state index contributed by atoms with van der Waals surface area (Å²) >= 11 is 6.40. The third-order valence-electron chi connectivity index (χ3n) is 2.83. The summed E-state index contributed by atoms with van der Waals surface area (Å²) in [6, 6.07) is 5.58. The highest BCUT2D eigenvalue weighted by Gasteiger charge is 2.31. The molecule has 7 heteroatoms. The molecule has 1 aliphatic heterocycles. The van der Waals surface area contributed by atoms with E-state index in [0.29, 0.717) is 27.9 Å². The van der Waals surface area contributed by atoms with Crippen molar-refractivity contribution in [1.82, 2.24) is 9.88 Å². The van der Waals surface area contributed by atoms with E-state index < -0.39 is 5.97 Å². The van der Waals surface area contributed by atoms with Gasteiger partial charge < -0.3 is 5.11 Å². The number of amides is 1. The molecule has 1 saturated heterocycles. The molecule has 5 nitrogen and oxygen atoms in total. The van der Waals surface area contributed by atoms with Gasteiger partial charge in [0.25, 0.3) is 5.91 Å². The Morgan fingerprint density at radius 2 is 2.29 bits per heavy atom. The van der Waals surface area contributed by atoms with E-state index in [1.54, 1.807) is 6.08 Å². The molecule has 1 aromatic rings. The molecule has 2 rings (SSSR count). The summed E-state index contributed by atoms with van der Waals surface area (Å²) < 4.78 is 0.462. The van der Waals surface area contributed by atoms with Gasteiger partial charge >= 0.3 is 5.97 Å². The van der Waals surface area contributed by atoms with Crippen LogP contribution in [0.15, 0.2) is 23.1 Å². The molecule has 0 radical (unpaired) electrons. The van der Waals surface area contributed by atoms with Crippen LogP contribution in [-0.2, 0) is 9.59 Å². The zero-order valence-corrected chi connectivity index (χ0v) is 13.0. The van der Waals surface area contributed by atoms with Gasteiger partial charge in [-0.15, -0.1) is 0 Å². The van der Waals surface area contributed by atoms with Crippen LogP contribution in [0.4, 0.5) is 0 Å². The Morgan fingerprint density at radius 3 is 2.95 bits per heavy atom. The minimum absolute atomic E-state index is 0.0234. The number of carboxylic acids is 1. The molecule has 0 unspecified atom stereocenters. The van der Waals surface area contributed by atoms with Crippen molar-refractivity contribution in [3.63, 3.8) is 0 Å². The van der Waals surface area contributed by atoms with Crippen molar-refractivity contribution in [3.05, 3.63) is 34.5 Å². The molecule has 1 aliphatic rings. The maximum absolute atomic E-state index is 12.3. The second kappa shape index (κ2) is 6.82. The number of thioether (sulfide) groups is 1. The summed E-state index contributed by atoms with van der Waals surface area (Å²) in [5.41, 5.74) is 1.58. The number of hydrogen-bond acceptors (Lipinski definition) is 5. The fourth-order valence-corrected chi connectivity index (χ4v) is 3.15. The van der Waals surface area contributed by atoms with Crippen LogP contribution in [0.5, 0.6) is 0 Å². The van der Waals surface area contributed by atoms with Crippen molar-refractivity contribution >= 4 is 46.3 Å². The number of aliphatic carboxylic acids is 1. The summed E-state index contributed by atoms with van der Waals surface area (Å²) in [5, 5.41) is 8.63. The van der Waals surface area contributed by atoms with Gasteiger partial charge in [0.05, 0.1) is 10.6 Å². The van der Waals surface area contributed by atoms with Crippen molar-refractivity contribution in [1.29, 1.82) is 0 Å².